The van der Waals surface area contributed by atoms with Crippen molar-refractivity contribution < 1.29 is 19.4 Å². The number of amides is 1. The minimum atomic E-state index is -0.325. The average Bonchev–Trinajstić information content (AvgIpc) is 3.36. The van der Waals surface area contributed by atoms with E-state index in [2.05, 4.69) is 31.1 Å². The summed E-state index contributed by atoms with van der Waals surface area (Å²) >= 11 is 0. The molecular weight excluding hydrogens is 434 g/mol. The maximum Gasteiger partial charge on any atom is 0.278 e. The number of piperazine rings is 1. The van der Waals surface area contributed by atoms with Crippen LogP contribution < -0.4 is 9.47 Å². The summed E-state index contributed by atoms with van der Waals surface area (Å²) in [5, 5.41) is 18.6. The number of halogens is 1. The normalized spacial score (nSPS) is 16.5. The van der Waals surface area contributed by atoms with Crippen LogP contribution in [0.5, 0.6) is 17.4 Å². The number of hydrogen-bond donors (Lipinski definition) is 2. The van der Waals surface area contributed by atoms with Crippen LogP contribution in [0.15, 0.2) is 52.7 Å². The van der Waals surface area contributed by atoms with Crippen LogP contribution in [-0.4, -0.2) is 65.3 Å². The summed E-state index contributed by atoms with van der Waals surface area (Å²) in [6.07, 6.45) is 0. The van der Waals surface area contributed by atoms with Gasteiger partial charge in [-0.1, -0.05) is 24.3 Å². The Bertz CT molecular complexity index is 1140. The minimum absolute atomic E-state index is 0. The van der Waals surface area contributed by atoms with E-state index in [4.69, 9.17) is 9.47 Å². The minimum Gasteiger partial charge on any atom is -0.493 e. The summed E-state index contributed by atoms with van der Waals surface area (Å²) in [6.45, 7) is 4.61. The van der Waals surface area contributed by atoms with Crippen LogP contribution >= 0.6 is 12.4 Å². The molecule has 1 aromatic heterocycles. The number of aromatic hydroxyl groups is 1. The number of benzene rings is 2. The number of azo groups is 1. The first-order chi connectivity index (χ1) is 15.2. The maximum atomic E-state index is 12.3. The first-order valence-corrected chi connectivity index (χ1v) is 10.2. The molecule has 0 aliphatic carbocycles. The lowest BCUT2D eigenvalue weighted by Crippen LogP contribution is -2.47. The molecule has 0 saturated carbocycles. The predicted molar refractivity (Wildman–Crippen MR) is 121 cm³/mol. The number of ether oxygens (including phenoxy) is 2. The standard InChI is InChI=1S/C22H23N5O4.ClH/c28-20(24-25-21-16-3-1-2-4-17(16)23-22(21)29)13-27-9-7-26(8-10-27)12-15-5-6-18-19(11-15)31-14-30-18;/h1-6,11,23,29H,7-10,12-14H2;1H. The molecule has 168 valence electrons. The van der Waals surface area contributed by atoms with E-state index in [-0.39, 0.29) is 43.2 Å². The van der Waals surface area contributed by atoms with Gasteiger partial charge in [-0.05, 0) is 23.8 Å². The van der Waals surface area contributed by atoms with E-state index in [1.165, 1.54) is 5.56 Å². The van der Waals surface area contributed by atoms with Gasteiger partial charge in [-0.3, -0.25) is 14.6 Å². The summed E-state index contributed by atoms with van der Waals surface area (Å²) < 4.78 is 10.8. The molecule has 0 atom stereocenters. The SMILES string of the molecule is Cl.O=C(CN1CCN(Cc2ccc3c(c2)OCO3)CC1)N=Nc1c(O)[nH]c2ccccc12. The average molecular weight is 458 g/mol. The van der Waals surface area contributed by atoms with Crippen LogP contribution in [0.4, 0.5) is 5.69 Å². The fourth-order valence-corrected chi connectivity index (χ4v) is 3.95. The number of H-pyrrole nitrogens is 1. The number of nitrogens with one attached hydrogen (secondary N) is 1. The number of para-hydroxylation sites is 1. The molecule has 5 rings (SSSR count). The highest BCUT2D eigenvalue weighted by atomic mass is 35.5. The molecule has 10 heteroatoms. The summed E-state index contributed by atoms with van der Waals surface area (Å²) in [5.41, 5.74) is 2.22. The van der Waals surface area contributed by atoms with Gasteiger partial charge in [0.1, 0.15) is 0 Å². The van der Waals surface area contributed by atoms with Gasteiger partial charge in [-0.15, -0.1) is 22.6 Å². The molecule has 0 radical (unpaired) electrons. The number of fused-ring (bicyclic) bond motifs is 2. The molecule has 1 fully saturated rings. The van der Waals surface area contributed by atoms with Gasteiger partial charge in [-0.2, -0.15) is 0 Å². The van der Waals surface area contributed by atoms with E-state index in [9.17, 15) is 9.90 Å². The van der Waals surface area contributed by atoms with Crippen molar-refractivity contribution in [2.24, 2.45) is 10.2 Å². The molecule has 0 spiro atoms. The third kappa shape index (κ3) is 4.69. The van der Waals surface area contributed by atoms with Crippen LogP contribution in [0.3, 0.4) is 0 Å². The van der Waals surface area contributed by atoms with Gasteiger partial charge >= 0.3 is 0 Å². The highest BCUT2D eigenvalue weighted by Gasteiger charge is 2.20. The molecule has 2 aliphatic rings. The summed E-state index contributed by atoms with van der Waals surface area (Å²) in [4.78, 5) is 19.6. The van der Waals surface area contributed by atoms with Crippen molar-refractivity contribution in [3.05, 3.63) is 48.0 Å². The van der Waals surface area contributed by atoms with E-state index in [1.807, 2.05) is 36.4 Å². The Labute approximate surface area is 191 Å². The van der Waals surface area contributed by atoms with Crippen molar-refractivity contribution in [2.75, 3.05) is 39.5 Å². The molecule has 2 aliphatic heterocycles. The Morgan fingerprint density at radius 1 is 1.03 bits per heavy atom. The molecule has 3 aromatic rings. The Morgan fingerprint density at radius 3 is 2.62 bits per heavy atom. The molecule has 32 heavy (non-hydrogen) atoms. The van der Waals surface area contributed by atoms with Crippen molar-refractivity contribution in [3.8, 4) is 17.4 Å². The second-order valence-corrected chi connectivity index (χ2v) is 7.70. The quantitative estimate of drug-likeness (QED) is 0.569. The lowest BCUT2D eigenvalue weighted by Gasteiger charge is -2.33. The zero-order valence-corrected chi connectivity index (χ0v) is 18.2. The molecule has 1 saturated heterocycles. The van der Waals surface area contributed by atoms with E-state index in [1.54, 1.807) is 0 Å². The van der Waals surface area contributed by atoms with Crippen LogP contribution in [0.2, 0.25) is 0 Å². The highest BCUT2D eigenvalue weighted by Crippen LogP contribution is 2.35. The van der Waals surface area contributed by atoms with Gasteiger partial charge < -0.3 is 19.6 Å². The third-order valence-corrected chi connectivity index (χ3v) is 5.59. The van der Waals surface area contributed by atoms with Gasteiger partial charge in [0.2, 0.25) is 12.7 Å². The molecule has 2 N–H and O–H groups in total. The summed E-state index contributed by atoms with van der Waals surface area (Å²) in [7, 11) is 0. The lowest BCUT2D eigenvalue weighted by molar-refractivity contribution is -0.119. The Hall–Kier alpha value is -3.14. The Kier molecular flexibility index (Phi) is 6.59. The number of carbonyl (C=O) groups is 1. The van der Waals surface area contributed by atoms with Gasteiger partial charge in [-0.25, -0.2) is 0 Å². The van der Waals surface area contributed by atoms with Crippen molar-refractivity contribution >= 4 is 34.9 Å². The second kappa shape index (κ2) is 9.56. The Morgan fingerprint density at radius 2 is 1.78 bits per heavy atom. The molecule has 9 nitrogen and oxygen atoms in total. The zero-order chi connectivity index (χ0) is 21.2. The topological polar surface area (TPSA) is 103 Å². The number of aromatic nitrogens is 1. The number of hydrogen-bond acceptors (Lipinski definition) is 7. The largest absolute Gasteiger partial charge is 0.493 e. The number of nitrogens with zero attached hydrogens (tertiary/aromatic N) is 4. The van der Waals surface area contributed by atoms with Crippen molar-refractivity contribution in [1.82, 2.24) is 14.8 Å². The molecular formula is C22H24ClN5O4. The monoisotopic (exact) mass is 457 g/mol. The smallest absolute Gasteiger partial charge is 0.278 e. The van der Waals surface area contributed by atoms with Crippen molar-refractivity contribution in [3.63, 3.8) is 0 Å². The van der Waals surface area contributed by atoms with Crippen LogP contribution in [-0.2, 0) is 11.3 Å². The van der Waals surface area contributed by atoms with E-state index in [0.29, 0.717) is 0 Å². The second-order valence-electron chi connectivity index (χ2n) is 7.70. The number of rotatable bonds is 5. The molecule has 3 heterocycles. The first kappa shape index (κ1) is 22.1. The van der Waals surface area contributed by atoms with Crippen LogP contribution in [0, 0.1) is 0 Å². The van der Waals surface area contributed by atoms with Gasteiger partial charge in [0, 0.05) is 38.1 Å². The molecule has 0 bridgehead atoms. The predicted octanol–water partition coefficient (Wildman–Crippen LogP) is 3.45. The van der Waals surface area contributed by atoms with E-state index in [0.717, 1.165) is 55.1 Å². The molecule has 1 amide bonds. The maximum absolute atomic E-state index is 12.3. The van der Waals surface area contributed by atoms with Gasteiger partial charge in [0.15, 0.2) is 17.2 Å². The highest BCUT2D eigenvalue weighted by molar-refractivity contribution is 5.94. The van der Waals surface area contributed by atoms with Gasteiger partial charge in [0.25, 0.3) is 5.91 Å². The lowest BCUT2D eigenvalue weighted by atomic mass is 10.1. The fraction of sp³-hybridized carbons (Fsp3) is 0.318. The summed E-state index contributed by atoms with van der Waals surface area (Å²) in [5.74, 6) is 1.18. The zero-order valence-electron chi connectivity index (χ0n) is 17.4. The van der Waals surface area contributed by atoms with Crippen molar-refractivity contribution in [1.29, 1.82) is 0 Å². The number of carbonyl (C=O) groups excluding carboxylic acids is 1. The molecule has 2 aromatic carbocycles. The molecule has 0 unspecified atom stereocenters. The van der Waals surface area contributed by atoms with Crippen LogP contribution in [0.1, 0.15) is 5.56 Å². The van der Waals surface area contributed by atoms with E-state index < -0.39 is 0 Å². The van der Waals surface area contributed by atoms with Gasteiger partial charge in [0.05, 0.1) is 12.1 Å². The summed E-state index contributed by atoms with van der Waals surface area (Å²) in [6, 6.07) is 13.4. The van der Waals surface area contributed by atoms with Crippen LogP contribution in [0.25, 0.3) is 10.9 Å². The number of aromatic amines is 1. The Balaban J connectivity index is 0.00000245. The fourth-order valence-electron chi connectivity index (χ4n) is 3.95. The van der Waals surface area contributed by atoms with Crippen molar-refractivity contribution in [2.45, 2.75) is 6.54 Å². The van der Waals surface area contributed by atoms with E-state index >= 15 is 0 Å². The first-order valence-electron chi connectivity index (χ1n) is 10.2. The third-order valence-electron chi connectivity index (χ3n) is 5.59.